The molecule has 0 spiro atoms. The Bertz CT molecular complexity index is 492. The second-order valence-corrected chi connectivity index (χ2v) is 3.79. The Morgan fingerprint density at radius 1 is 1.06 bits per heavy atom. The maximum Gasteiger partial charge on any atom is 0.213 e. The smallest absolute Gasteiger partial charge is 0.213 e. The Hall–Kier alpha value is -1.83. The zero-order chi connectivity index (χ0) is 11.5. The van der Waals surface area contributed by atoms with Gasteiger partial charge in [-0.3, -0.25) is 0 Å². The number of nitrogens with zero attached hydrogens (tertiary/aromatic N) is 1. The number of rotatable bonds is 2. The molecule has 0 saturated heterocycles. The first-order valence-electron chi connectivity index (χ1n) is 5.30. The molecule has 2 nitrogen and oxygen atoms in total. The van der Waals surface area contributed by atoms with Crippen molar-refractivity contribution in [2.24, 2.45) is 0 Å². The van der Waals surface area contributed by atoms with Gasteiger partial charge in [0.1, 0.15) is 0 Å². The number of benzene rings is 1. The molecule has 0 amide bonds. The third kappa shape index (κ3) is 1.91. The lowest BCUT2D eigenvalue weighted by atomic mass is 10.0. The SMILES string of the molecule is COc1cc(-c2ccccc2)c(C)c(C)n1. The van der Waals surface area contributed by atoms with E-state index in [1.54, 1.807) is 7.11 Å². The van der Waals surface area contributed by atoms with Crippen molar-refractivity contribution < 1.29 is 4.74 Å². The molecule has 1 aromatic heterocycles. The van der Waals surface area contributed by atoms with Gasteiger partial charge in [-0.15, -0.1) is 0 Å². The van der Waals surface area contributed by atoms with Crippen LogP contribution in [0, 0.1) is 13.8 Å². The Balaban J connectivity index is 2.60. The van der Waals surface area contributed by atoms with Gasteiger partial charge in [0.05, 0.1) is 7.11 Å². The third-order valence-corrected chi connectivity index (χ3v) is 2.79. The third-order valence-electron chi connectivity index (χ3n) is 2.79. The predicted octanol–water partition coefficient (Wildman–Crippen LogP) is 3.37. The molecular formula is C14H15NO. The zero-order valence-electron chi connectivity index (χ0n) is 9.82. The van der Waals surface area contributed by atoms with Crippen molar-refractivity contribution in [3.63, 3.8) is 0 Å². The molecule has 0 saturated carbocycles. The molecule has 0 bridgehead atoms. The first-order chi connectivity index (χ1) is 7.72. The fourth-order valence-corrected chi connectivity index (χ4v) is 1.73. The van der Waals surface area contributed by atoms with Crippen LogP contribution in [0.4, 0.5) is 0 Å². The van der Waals surface area contributed by atoms with Crippen molar-refractivity contribution >= 4 is 0 Å². The summed E-state index contributed by atoms with van der Waals surface area (Å²) in [6.07, 6.45) is 0. The highest BCUT2D eigenvalue weighted by atomic mass is 16.5. The molecule has 16 heavy (non-hydrogen) atoms. The van der Waals surface area contributed by atoms with Gasteiger partial charge in [-0.25, -0.2) is 4.98 Å². The maximum absolute atomic E-state index is 5.20. The van der Waals surface area contributed by atoms with Crippen molar-refractivity contribution in [3.05, 3.63) is 47.7 Å². The Morgan fingerprint density at radius 2 is 1.75 bits per heavy atom. The van der Waals surface area contributed by atoms with Gasteiger partial charge < -0.3 is 4.74 Å². The van der Waals surface area contributed by atoms with E-state index in [-0.39, 0.29) is 0 Å². The van der Waals surface area contributed by atoms with Crippen LogP contribution < -0.4 is 4.74 Å². The molecular weight excluding hydrogens is 198 g/mol. The number of aryl methyl sites for hydroxylation is 1. The summed E-state index contributed by atoms with van der Waals surface area (Å²) in [4.78, 5) is 4.36. The van der Waals surface area contributed by atoms with E-state index in [2.05, 4.69) is 24.0 Å². The molecule has 0 radical (unpaired) electrons. The van der Waals surface area contributed by atoms with E-state index >= 15 is 0 Å². The molecule has 0 aliphatic rings. The summed E-state index contributed by atoms with van der Waals surface area (Å²) in [5.41, 5.74) is 4.60. The highest BCUT2D eigenvalue weighted by Gasteiger charge is 2.07. The Labute approximate surface area is 95.9 Å². The first-order valence-corrected chi connectivity index (χ1v) is 5.30. The van der Waals surface area contributed by atoms with Crippen LogP contribution in [0.5, 0.6) is 5.88 Å². The average molecular weight is 213 g/mol. The van der Waals surface area contributed by atoms with Gasteiger partial charge in [0, 0.05) is 11.8 Å². The van der Waals surface area contributed by atoms with Crippen molar-refractivity contribution in [1.29, 1.82) is 0 Å². The van der Waals surface area contributed by atoms with Gasteiger partial charge in [-0.2, -0.15) is 0 Å². The highest BCUT2D eigenvalue weighted by Crippen LogP contribution is 2.27. The van der Waals surface area contributed by atoms with Crippen molar-refractivity contribution in [3.8, 4) is 17.0 Å². The molecule has 0 aliphatic carbocycles. The molecule has 0 N–H and O–H groups in total. The number of ether oxygens (including phenoxy) is 1. The summed E-state index contributed by atoms with van der Waals surface area (Å²) in [5.74, 6) is 0.668. The number of aromatic nitrogens is 1. The van der Waals surface area contributed by atoms with Crippen LogP contribution in [0.3, 0.4) is 0 Å². The summed E-state index contributed by atoms with van der Waals surface area (Å²) in [5, 5.41) is 0. The average Bonchev–Trinajstić information content (AvgIpc) is 2.33. The molecule has 1 aromatic carbocycles. The predicted molar refractivity (Wildman–Crippen MR) is 65.7 cm³/mol. The number of hydrogen-bond acceptors (Lipinski definition) is 2. The van der Waals surface area contributed by atoms with Crippen LogP contribution in [0.1, 0.15) is 11.3 Å². The number of methoxy groups -OCH3 is 1. The summed E-state index contributed by atoms with van der Waals surface area (Å²) in [7, 11) is 1.64. The number of pyridine rings is 1. The van der Waals surface area contributed by atoms with Gasteiger partial charge in [-0.1, -0.05) is 30.3 Å². The van der Waals surface area contributed by atoms with Crippen LogP contribution in [-0.4, -0.2) is 12.1 Å². The molecule has 2 heteroatoms. The zero-order valence-corrected chi connectivity index (χ0v) is 9.82. The second kappa shape index (κ2) is 4.35. The minimum Gasteiger partial charge on any atom is -0.481 e. The monoisotopic (exact) mass is 213 g/mol. The molecule has 2 rings (SSSR count). The Morgan fingerprint density at radius 3 is 2.38 bits per heavy atom. The van der Waals surface area contributed by atoms with Crippen LogP contribution in [-0.2, 0) is 0 Å². The van der Waals surface area contributed by atoms with Crippen molar-refractivity contribution in [1.82, 2.24) is 4.98 Å². The van der Waals surface area contributed by atoms with Crippen molar-refractivity contribution in [2.45, 2.75) is 13.8 Å². The highest BCUT2D eigenvalue weighted by molar-refractivity contribution is 5.68. The summed E-state index contributed by atoms with van der Waals surface area (Å²) in [6.45, 7) is 4.09. The van der Waals surface area contributed by atoms with Gasteiger partial charge in [-0.05, 0) is 30.5 Å². The minimum atomic E-state index is 0.668. The minimum absolute atomic E-state index is 0.668. The van der Waals surface area contributed by atoms with Crippen LogP contribution in [0.2, 0.25) is 0 Å². The lowest BCUT2D eigenvalue weighted by Crippen LogP contribution is -1.95. The normalized spacial score (nSPS) is 10.2. The first kappa shape index (κ1) is 10.7. The van der Waals surface area contributed by atoms with Crippen LogP contribution in [0.25, 0.3) is 11.1 Å². The van der Waals surface area contributed by atoms with E-state index in [0.29, 0.717) is 5.88 Å². The molecule has 82 valence electrons. The quantitative estimate of drug-likeness (QED) is 0.763. The molecule has 0 fully saturated rings. The van der Waals surface area contributed by atoms with Crippen LogP contribution in [0.15, 0.2) is 36.4 Å². The lowest BCUT2D eigenvalue weighted by Gasteiger charge is -2.10. The topological polar surface area (TPSA) is 22.1 Å². The fraction of sp³-hybridized carbons (Fsp3) is 0.214. The fourth-order valence-electron chi connectivity index (χ4n) is 1.73. The summed E-state index contributed by atoms with van der Waals surface area (Å²) < 4.78 is 5.20. The maximum atomic E-state index is 5.20. The van der Waals surface area contributed by atoms with E-state index in [1.165, 1.54) is 16.7 Å². The Kier molecular flexibility index (Phi) is 2.91. The summed E-state index contributed by atoms with van der Waals surface area (Å²) in [6, 6.07) is 12.3. The summed E-state index contributed by atoms with van der Waals surface area (Å²) >= 11 is 0. The molecule has 2 aromatic rings. The van der Waals surface area contributed by atoms with Gasteiger partial charge in [0.2, 0.25) is 5.88 Å². The second-order valence-electron chi connectivity index (χ2n) is 3.79. The van der Waals surface area contributed by atoms with E-state index in [4.69, 9.17) is 4.74 Å². The van der Waals surface area contributed by atoms with Gasteiger partial charge in [0.15, 0.2) is 0 Å². The molecule has 1 heterocycles. The number of hydrogen-bond donors (Lipinski definition) is 0. The van der Waals surface area contributed by atoms with E-state index in [1.807, 2.05) is 31.2 Å². The van der Waals surface area contributed by atoms with Gasteiger partial charge >= 0.3 is 0 Å². The van der Waals surface area contributed by atoms with Crippen LogP contribution >= 0.6 is 0 Å². The lowest BCUT2D eigenvalue weighted by molar-refractivity contribution is 0.397. The largest absolute Gasteiger partial charge is 0.481 e. The standard InChI is InChI=1S/C14H15NO/c1-10-11(2)15-14(16-3)9-13(10)12-7-5-4-6-8-12/h4-9H,1-3H3. The molecule has 0 aliphatic heterocycles. The van der Waals surface area contributed by atoms with E-state index < -0.39 is 0 Å². The molecule has 0 atom stereocenters. The molecule has 0 unspecified atom stereocenters. The van der Waals surface area contributed by atoms with Crippen molar-refractivity contribution in [2.75, 3.05) is 7.11 Å². The van der Waals surface area contributed by atoms with E-state index in [0.717, 1.165) is 5.69 Å². The van der Waals surface area contributed by atoms with E-state index in [9.17, 15) is 0 Å². The van der Waals surface area contributed by atoms with Gasteiger partial charge in [0.25, 0.3) is 0 Å².